The van der Waals surface area contributed by atoms with Gasteiger partial charge in [-0.05, 0) is 51.5 Å². The van der Waals surface area contributed by atoms with Gasteiger partial charge in [-0.1, -0.05) is 15.9 Å². The highest BCUT2D eigenvalue weighted by atomic mass is 79.9. The van der Waals surface area contributed by atoms with Crippen LogP contribution in [-0.2, 0) is 4.74 Å². The van der Waals surface area contributed by atoms with Crippen LogP contribution in [0.25, 0.3) is 0 Å². The predicted molar refractivity (Wildman–Crippen MR) is 87.6 cm³/mol. The molecule has 1 aliphatic rings. The van der Waals surface area contributed by atoms with Crippen LogP contribution < -0.4 is 5.32 Å². The third kappa shape index (κ3) is 4.74. The first-order chi connectivity index (χ1) is 9.85. The SMILES string of the molecule is CC(C)(C)OC(=O)N1CCCN=C1Nc1ccc(Br)cc1. The Morgan fingerprint density at radius 1 is 1.33 bits per heavy atom. The van der Waals surface area contributed by atoms with E-state index in [4.69, 9.17) is 4.74 Å². The van der Waals surface area contributed by atoms with Crippen molar-refractivity contribution >= 4 is 33.7 Å². The van der Waals surface area contributed by atoms with Crippen molar-refractivity contribution in [1.82, 2.24) is 4.90 Å². The second-order valence-corrected chi connectivity index (χ2v) is 6.74. The quantitative estimate of drug-likeness (QED) is 0.833. The summed E-state index contributed by atoms with van der Waals surface area (Å²) in [6, 6.07) is 7.72. The molecule has 0 aliphatic carbocycles. The van der Waals surface area contributed by atoms with Crippen molar-refractivity contribution in [3.63, 3.8) is 0 Å². The molecule has 5 nitrogen and oxygen atoms in total. The van der Waals surface area contributed by atoms with Crippen molar-refractivity contribution in [2.24, 2.45) is 4.99 Å². The molecule has 2 rings (SSSR count). The molecule has 114 valence electrons. The Hall–Kier alpha value is -1.56. The first-order valence-corrected chi connectivity index (χ1v) is 7.72. The van der Waals surface area contributed by atoms with Crippen molar-refractivity contribution in [2.45, 2.75) is 32.8 Å². The lowest BCUT2D eigenvalue weighted by atomic mass is 10.2. The molecule has 21 heavy (non-hydrogen) atoms. The molecule has 1 aliphatic heterocycles. The van der Waals surface area contributed by atoms with Gasteiger partial charge in [0.1, 0.15) is 5.60 Å². The number of anilines is 1. The maximum absolute atomic E-state index is 12.2. The molecule has 6 heteroatoms. The summed E-state index contributed by atoms with van der Waals surface area (Å²) in [6.07, 6.45) is 0.468. The van der Waals surface area contributed by atoms with Crippen molar-refractivity contribution < 1.29 is 9.53 Å². The molecule has 0 bridgehead atoms. The van der Waals surface area contributed by atoms with Crippen molar-refractivity contribution in [2.75, 3.05) is 18.4 Å². The zero-order valence-corrected chi connectivity index (χ0v) is 14.1. The molecule has 1 N–H and O–H groups in total. The number of nitrogens with one attached hydrogen (secondary N) is 1. The van der Waals surface area contributed by atoms with Gasteiger partial charge in [-0.25, -0.2) is 9.69 Å². The number of nitrogens with zero attached hydrogens (tertiary/aromatic N) is 2. The van der Waals surface area contributed by atoms with Crippen LogP contribution in [0.3, 0.4) is 0 Å². The van der Waals surface area contributed by atoms with Gasteiger partial charge in [0.05, 0.1) is 0 Å². The van der Waals surface area contributed by atoms with Gasteiger partial charge < -0.3 is 10.1 Å². The molecule has 0 fully saturated rings. The van der Waals surface area contributed by atoms with E-state index in [-0.39, 0.29) is 6.09 Å². The summed E-state index contributed by atoms with van der Waals surface area (Å²) in [5, 5.41) is 3.18. The van der Waals surface area contributed by atoms with E-state index in [9.17, 15) is 4.79 Å². The molecule has 0 saturated carbocycles. The summed E-state index contributed by atoms with van der Waals surface area (Å²) >= 11 is 3.40. The van der Waals surface area contributed by atoms with E-state index in [1.165, 1.54) is 0 Å². The van der Waals surface area contributed by atoms with Crippen LogP contribution in [-0.4, -0.2) is 35.6 Å². The number of aliphatic imine (C=N–C) groups is 1. The van der Waals surface area contributed by atoms with Crippen molar-refractivity contribution in [3.8, 4) is 0 Å². The minimum atomic E-state index is -0.517. The second-order valence-electron chi connectivity index (χ2n) is 5.82. The number of halogens is 1. The topological polar surface area (TPSA) is 53.9 Å². The minimum absolute atomic E-state index is 0.370. The highest BCUT2D eigenvalue weighted by Crippen LogP contribution is 2.17. The van der Waals surface area contributed by atoms with Gasteiger partial charge in [0.2, 0.25) is 5.96 Å². The smallest absolute Gasteiger partial charge is 0.417 e. The van der Waals surface area contributed by atoms with E-state index in [0.717, 1.165) is 16.6 Å². The summed E-state index contributed by atoms with van der Waals surface area (Å²) in [4.78, 5) is 18.2. The molecule has 1 aromatic carbocycles. The maximum Gasteiger partial charge on any atom is 0.417 e. The summed E-state index contributed by atoms with van der Waals surface area (Å²) in [6.45, 7) is 6.88. The van der Waals surface area contributed by atoms with Crippen molar-refractivity contribution in [3.05, 3.63) is 28.7 Å². The molecule has 1 aromatic rings. The van der Waals surface area contributed by atoms with E-state index < -0.39 is 5.60 Å². The van der Waals surface area contributed by atoms with Crippen LogP contribution >= 0.6 is 15.9 Å². The highest BCUT2D eigenvalue weighted by molar-refractivity contribution is 9.10. The van der Waals surface area contributed by atoms with Gasteiger partial charge in [-0.2, -0.15) is 0 Å². The first kappa shape index (κ1) is 15.8. The van der Waals surface area contributed by atoms with E-state index in [1.54, 1.807) is 4.90 Å². The standard InChI is InChI=1S/C15H20BrN3O2/c1-15(2,3)21-14(20)19-10-4-9-17-13(19)18-12-7-5-11(16)6-8-12/h5-8H,4,9-10H2,1-3H3,(H,17,18). The maximum atomic E-state index is 12.2. The average Bonchev–Trinajstić information content (AvgIpc) is 2.40. The lowest BCUT2D eigenvalue weighted by Crippen LogP contribution is -2.46. The zero-order valence-electron chi connectivity index (χ0n) is 12.5. The number of rotatable bonds is 1. The lowest BCUT2D eigenvalue weighted by molar-refractivity contribution is 0.0363. The largest absolute Gasteiger partial charge is 0.443 e. The number of carbonyl (C=O) groups is 1. The van der Waals surface area contributed by atoms with Crippen LogP contribution in [0.15, 0.2) is 33.7 Å². The molecular formula is C15H20BrN3O2. The van der Waals surface area contributed by atoms with E-state index in [2.05, 4.69) is 26.2 Å². The van der Waals surface area contributed by atoms with Crippen LogP contribution in [0.2, 0.25) is 0 Å². The van der Waals surface area contributed by atoms with Gasteiger partial charge >= 0.3 is 6.09 Å². The molecule has 1 amide bonds. The molecule has 0 spiro atoms. The highest BCUT2D eigenvalue weighted by Gasteiger charge is 2.27. The normalized spacial score (nSPS) is 15.4. The molecular weight excluding hydrogens is 334 g/mol. The molecule has 0 atom stereocenters. The number of ether oxygens (including phenoxy) is 1. The second kappa shape index (κ2) is 6.47. The van der Waals surface area contributed by atoms with Crippen LogP contribution in [0, 0.1) is 0 Å². The van der Waals surface area contributed by atoms with E-state index in [1.807, 2.05) is 45.0 Å². The Bertz CT molecular complexity index is 535. The Morgan fingerprint density at radius 2 is 2.00 bits per heavy atom. The fraction of sp³-hybridized carbons (Fsp3) is 0.467. The van der Waals surface area contributed by atoms with Crippen LogP contribution in [0.5, 0.6) is 0 Å². The third-order valence-corrected chi connectivity index (χ3v) is 3.30. The fourth-order valence-electron chi connectivity index (χ4n) is 1.87. The zero-order chi connectivity index (χ0) is 15.5. The molecule has 0 saturated heterocycles. The Morgan fingerprint density at radius 3 is 2.62 bits per heavy atom. The number of hydrogen-bond donors (Lipinski definition) is 1. The number of guanidine groups is 1. The fourth-order valence-corrected chi connectivity index (χ4v) is 2.13. The summed E-state index contributed by atoms with van der Waals surface area (Å²) in [5.74, 6) is 0.540. The van der Waals surface area contributed by atoms with Crippen LogP contribution in [0.4, 0.5) is 10.5 Å². The number of hydrogen-bond acceptors (Lipinski definition) is 4. The third-order valence-electron chi connectivity index (χ3n) is 2.77. The molecule has 0 radical (unpaired) electrons. The monoisotopic (exact) mass is 353 g/mol. The number of benzene rings is 1. The average molecular weight is 354 g/mol. The Balaban J connectivity index is 2.10. The van der Waals surface area contributed by atoms with E-state index >= 15 is 0 Å². The van der Waals surface area contributed by atoms with Gasteiger partial charge in [0.25, 0.3) is 0 Å². The Labute approximate surface area is 133 Å². The Kier molecular flexibility index (Phi) is 4.88. The predicted octanol–water partition coefficient (Wildman–Crippen LogP) is 3.86. The number of carbonyl (C=O) groups excluding carboxylic acids is 1. The van der Waals surface area contributed by atoms with Gasteiger partial charge in [0, 0.05) is 23.2 Å². The lowest BCUT2D eigenvalue weighted by Gasteiger charge is -2.30. The van der Waals surface area contributed by atoms with E-state index in [0.29, 0.717) is 19.0 Å². The summed E-state index contributed by atoms with van der Waals surface area (Å²) < 4.78 is 6.43. The van der Waals surface area contributed by atoms with Crippen molar-refractivity contribution in [1.29, 1.82) is 0 Å². The summed E-state index contributed by atoms with van der Waals surface area (Å²) in [7, 11) is 0. The molecule has 1 heterocycles. The minimum Gasteiger partial charge on any atom is -0.443 e. The van der Waals surface area contributed by atoms with Gasteiger partial charge in [0.15, 0.2) is 0 Å². The van der Waals surface area contributed by atoms with Crippen LogP contribution in [0.1, 0.15) is 27.2 Å². The summed E-state index contributed by atoms with van der Waals surface area (Å²) in [5.41, 5.74) is 0.365. The van der Waals surface area contributed by atoms with Gasteiger partial charge in [-0.3, -0.25) is 4.99 Å². The first-order valence-electron chi connectivity index (χ1n) is 6.93. The molecule has 0 unspecified atom stereocenters. The van der Waals surface area contributed by atoms with Gasteiger partial charge in [-0.15, -0.1) is 0 Å². The number of amides is 1. The molecule has 0 aromatic heterocycles.